The maximum atomic E-state index is 10.8. The molecule has 0 saturated carbocycles. The van der Waals surface area contributed by atoms with Crippen molar-refractivity contribution in [2.75, 3.05) is 5.33 Å². The van der Waals surface area contributed by atoms with Crippen molar-refractivity contribution in [1.29, 1.82) is 0 Å². The number of carbonyl (C=O) groups is 1. The first-order chi connectivity index (χ1) is 4.66. The number of hydrogen-bond donors (Lipinski definition) is 1. The highest BCUT2D eigenvalue weighted by molar-refractivity contribution is 9.09. The van der Waals surface area contributed by atoms with E-state index in [1.54, 1.807) is 0 Å². The van der Waals surface area contributed by atoms with Crippen LogP contribution in [0.15, 0.2) is 0 Å². The smallest absolute Gasteiger partial charge is 0.323 e. The summed E-state index contributed by atoms with van der Waals surface area (Å²) in [6.07, 6.45) is -0.0394. The van der Waals surface area contributed by atoms with E-state index >= 15 is 0 Å². The van der Waals surface area contributed by atoms with Crippen LogP contribution in [-0.2, 0) is 9.53 Å². The van der Waals surface area contributed by atoms with Gasteiger partial charge in [0.25, 0.3) is 0 Å². The first-order valence-corrected chi connectivity index (χ1v) is 4.31. The molecule has 10 heavy (non-hydrogen) atoms. The highest BCUT2D eigenvalue weighted by Gasteiger charge is 2.38. The van der Waals surface area contributed by atoms with Crippen LogP contribution in [0, 0.1) is 5.92 Å². The van der Waals surface area contributed by atoms with Crippen LogP contribution in [0.2, 0.25) is 0 Å². The maximum Gasteiger partial charge on any atom is 0.323 e. The van der Waals surface area contributed by atoms with Gasteiger partial charge >= 0.3 is 5.97 Å². The van der Waals surface area contributed by atoms with Crippen LogP contribution in [0.5, 0.6) is 0 Å². The Balaban J connectivity index is 2.61. The van der Waals surface area contributed by atoms with E-state index in [-0.39, 0.29) is 18.0 Å². The number of carbonyl (C=O) groups excluding carboxylic acids is 1. The second kappa shape index (κ2) is 2.88. The zero-order chi connectivity index (χ0) is 7.72. The lowest BCUT2D eigenvalue weighted by atomic mass is 10.0. The van der Waals surface area contributed by atoms with Crippen LogP contribution in [0.25, 0.3) is 0 Å². The lowest BCUT2D eigenvalue weighted by Gasteiger charge is -2.09. The molecule has 3 nitrogen and oxygen atoms in total. The molecular formula is C6H10BrNO2. The number of rotatable bonds is 1. The van der Waals surface area contributed by atoms with E-state index in [9.17, 15) is 4.79 Å². The highest BCUT2D eigenvalue weighted by Crippen LogP contribution is 2.21. The fourth-order valence-corrected chi connectivity index (χ4v) is 1.67. The van der Waals surface area contributed by atoms with E-state index < -0.39 is 6.04 Å². The molecule has 0 aromatic rings. The molecule has 0 radical (unpaired) electrons. The van der Waals surface area contributed by atoms with Gasteiger partial charge in [-0.15, -0.1) is 0 Å². The van der Waals surface area contributed by atoms with Crippen molar-refractivity contribution >= 4 is 21.9 Å². The zero-order valence-electron chi connectivity index (χ0n) is 5.71. The molecule has 3 atom stereocenters. The normalized spacial score (nSPS) is 39.9. The Morgan fingerprint density at radius 2 is 2.40 bits per heavy atom. The third kappa shape index (κ3) is 1.18. The molecule has 1 aliphatic heterocycles. The monoisotopic (exact) mass is 207 g/mol. The summed E-state index contributed by atoms with van der Waals surface area (Å²) < 4.78 is 4.92. The van der Waals surface area contributed by atoms with E-state index in [1.165, 1.54) is 0 Å². The van der Waals surface area contributed by atoms with Gasteiger partial charge < -0.3 is 10.5 Å². The van der Waals surface area contributed by atoms with Crippen LogP contribution >= 0.6 is 15.9 Å². The van der Waals surface area contributed by atoms with E-state index in [4.69, 9.17) is 10.5 Å². The summed E-state index contributed by atoms with van der Waals surface area (Å²) in [5.74, 6) is -0.149. The van der Waals surface area contributed by atoms with Crippen molar-refractivity contribution < 1.29 is 9.53 Å². The van der Waals surface area contributed by atoms with Crippen LogP contribution in [0.4, 0.5) is 0 Å². The molecule has 1 fully saturated rings. The van der Waals surface area contributed by atoms with Gasteiger partial charge in [0.05, 0.1) is 0 Å². The Kier molecular flexibility index (Phi) is 2.31. The summed E-state index contributed by atoms with van der Waals surface area (Å²) in [6.45, 7) is 1.92. The van der Waals surface area contributed by atoms with Gasteiger partial charge in [0.15, 0.2) is 0 Å². The molecule has 2 N–H and O–H groups in total. The van der Waals surface area contributed by atoms with Crippen LogP contribution in [0.1, 0.15) is 6.92 Å². The van der Waals surface area contributed by atoms with E-state index in [1.807, 2.05) is 6.92 Å². The van der Waals surface area contributed by atoms with Gasteiger partial charge in [0, 0.05) is 11.2 Å². The second-order valence-electron chi connectivity index (χ2n) is 2.51. The molecule has 4 heteroatoms. The van der Waals surface area contributed by atoms with Crippen molar-refractivity contribution in [2.24, 2.45) is 11.7 Å². The quantitative estimate of drug-likeness (QED) is 0.497. The van der Waals surface area contributed by atoms with Gasteiger partial charge in [-0.25, -0.2) is 0 Å². The molecule has 0 aliphatic carbocycles. The lowest BCUT2D eigenvalue weighted by molar-refractivity contribution is -0.141. The molecule has 1 aliphatic rings. The summed E-state index contributed by atoms with van der Waals surface area (Å²) in [6, 6.07) is -0.428. The number of nitrogens with two attached hydrogens (primary N) is 1. The Hall–Kier alpha value is -0.0900. The number of hydrogen-bond acceptors (Lipinski definition) is 3. The van der Waals surface area contributed by atoms with Crippen LogP contribution in [-0.4, -0.2) is 23.4 Å². The van der Waals surface area contributed by atoms with Gasteiger partial charge in [-0.1, -0.05) is 22.9 Å². The average Bonchev–Trinajstić information content (AvgIpc) is 2.17. The minimum atomic E-state index is -0.428. The topological polar surface area (TPSA) is 52.3 Å². The van der Waals surface area contributed by atoms with Crippen molar-refractivity contribution in [3.8, 4) is 0 Å². The van der Waals surface area contributed by atoms with Crippen molar-refractivity contribution in [3.05, 3.63) is 0 Å². The summed E-state index contributed by atoms with van der Waals surface area (Å²) >= 11 is 3.24. The van der Waals surface area contributed by atoms with Crippen molar-refractivity contribution in [2.45, 2.75) is 19.1 Å². The minimum Gasteiger partial charge on any atom is -0.460 e. The Morgan fingerprint density at radius 1 is 1.80 bits per heavy atom. The van der Waals surface area contributed by atoms with Gasteiger partial charge in [0.2, 0.25) is 0 Å². The number of ether oxygens (including phenoxy) is 1. The predicted molar refractivity (Wildman–Crippen MR) is 40.8 cm³/mol. The highest BCUT2D eigenvalue weighted by atomic mass is 79.9. The summed E-state index contributed by atoms with van der Waals surface area (Å²) in [5, 5.41) is 0.674. The van der Waals surface area contributed by atoms with E-state index in [2.05, 4.69) is 15.9 Å². The summed E-state index contributed by atoms with van der Waals surface area (Å²) in [7, 11) is 0. The molecule has 0 aromatic carbocycles. The fourth-order valence-electron chi connectivity index (χ4n) is 0.953. The number of cyclic esters (lactones) is 1. The number of halogens is 1. The SMILES string of the molecule is CC1C(CBr)OC(=O)C1N. The average molecular weight is 208 g/mol. The molecule has 3 unspecified atom stereocenters. The zero-order valence-corrected chi connectivity index (χ0v) is 7.30. The molecule has 1 heterocycles. The Morgan fingerprint density at radius 3 is 2.60 bits per heavy atom. The van der Waals surface area contributed by atoms with Gasteiger partial charge in [-0.2, -0.15) is 0 Å². The first-order valence-electron chi connectivity index (χ1n) is 3.19. The molecule has 1 saturated heterocycles. The fraction of sp³-hybridized carbons (Fsp3) is 0.833. The molecular weight excluding hydrogens is 198 g/mol. The lowest BCUT2D eigenvalue weighted by Crippen LogP contribution is -2.32. The second-order valence-corrected chi connectivity index (χ2v) is 3.16. The minimum absolute atomic E-state index is 0.0394. The first kappa shape index (κ1) is 8.01. The molecule has 58 valence electrons. The largest absolute Gasteiger partial charge is 0.460 e. The van der Waals surface area contributed by atoms with E-state index in [0.717, 1.165) is 0 Å². The van der Waals surface area contributed by atoms with Gasteiger partial charge in [-0.05, 0) is 0 Å². The standard InChI is InChI=1S/C6H10BrNO2/c1-3-4(2-7)10-6(9)5(3)8/h3-5H,2,8H2,1H3. The van der Waals surface area contributed by atoms with E-state index in [0.29, 0.717) is 5.33 Å². The molecule has 0 bridgehead atoms. The number of esters is 1. The van der Waals surface area contributed by atoms with Crippen molar-refractivity contribution in [1.82, 2.24) is 0 Å². The Bertz CT molecular complexity index is 151. The molecule has 0 aromatic heterocycles. The molecule has 1 rings (SSSR count). The third-order valence-corrected chi connectivity index (χ3v) is 2.48. The van der Waals surface area contributed by atoms with Crippen LogP contribution < -0.4 is 5.73 Å². The van der Waals surface area contributed by atoms with Crippen LogP contribution in [0.3, 0.4) is 0 Å². The summed E-state index contributed by atoms with van der Waals surface area (Å²) in [5.41, 5.74) is 5.49. The summed E-state index contributed by atoms with van der Waals surface area (Å²) in [4.78, 5) is 10.8. The molecule has 0 spiro atoms. The maximum absolute atomic E-state index is 10.8. The van der Waals surface area contributed by atoms with Gasteiger partial charge in [-0.3, -0.25) is 4.79 Å². The third-order valence-electron chi connectivity index (χ3n) is 1.84. The predicted octanol–water partition coefficient (Wildman–Crippen LogP) is 0.270. The Labute approximate surface area is 68.0 Å². The number of alkyl halides is 1. The van der Waals surface area contributed by atoms with Crippen molar-refractivity contribution in [3.63, 3.8) is 0 Å². The van der Waals surface area contributed by atoms with Gasteiger partial charge in [0.1, 0.15) is 12.1 Å². The molecule has 0 amide bonds.